The van der Waals surface area contributed by atoms with E-state index in [1.807, 2.05) is 42.5 Å². The van der Waals surface area contributed by atoms with Crippen LogP contribution >= 0.6 is 0 Å². The second-order valence-electron chi connectivity index (χ2n) is 7.43. The molecule has 0 saturated heterocycles. The maximum absolute atomic E-state index is 13.0. The van der Waals surface area contributed by atoms with Crippen molar-refractivity contribution in [2.75, 3.05) is 0 Å². The SMILES string of the molecule is O=c1oc2ccccc2c2c1C1CC(c3ccc(O)cc3)(Oc3ccccc31)O2. The molecule has 0 saturated carbocycles. The number of phenolic OH excluding ortho intramolecular Hbond substituents is 1. The number of fused-ring (bicyclic) bond motifs is 8. The van der Waals surface area contributed by atoms with E-state index in [0.717, 1.165) is 16.5 Å². The van der Waals surface area contributed by atoms with Gasteiger partial charge in [0.15, 0.2) is 0 Å². The third-order valence-corrected chi connectivity index (χ3v) is 5.76. The lowest BCUT2D eigenvalue weighted by Gasteiger charge is -2.46. The molecule has 2 aliphatic rings. The third kappa shape index (κ3) is 2.24. The highest BCUT2D eigenvalue weighted by Gasteiger charge is 2.51. The highest BCUT2D eigenvalue weighted by atomic mass is 16.7. The smallest absolute Gasteiger partial charge is 0.343 e. The van der Waals surface area contributed by atoms with Crippen LogP contribution in [-0.2, 0) is 5.79 Å². The molecule has 2 unspecified atom stereocenters. The zero-order valence-corrected chi connectivity index (χ0v) is 15.3. The number of ether oxygens (including phenoxy) is 2. The molecule has 6 rings (SSSR count). The molecule has 2 atom stereocenters. The van der Waals surface area contributed by atoms with Crippen LogP contribution in [0, 0.1) is 0 Å². The standard InChI is InChI=1S/C24H16O5/c25-15-11-9-14(10-12-15)24-13-18(16-5-1-4-8-20(16)28-24)21-22(29-24)17-6-2-3-7-19(17)27-23(21)26/h1-12,18,25H,13H2. The second kappa shape index (κ2) is 5.64. The summed E-state index contributed by atoms with van der Waals surface area (Å²) in [7, 11) is 0. The Hall–Kier alpha value is -3.73. The number of benzene rings is 3. The molecule has 0 radical (unpaired) electrons. The summed E-state index contributed by atoms with van der Waals surface area (Å²) in [5.41, 5.74) is 2.32. The summed E-state index contributed by atoms with van der Waals surface area (Å²) < 4.78 is 18.5. The molecular weight excluding hydrogens is 368 g/mol. The fourth-order valence-electron chi connectivity index (χ4n) is 4.44. The van der Waals surface area contributed by atoms with E-state index in [1.165, 1.54) is 0 Å². The van der Waals surface area contributed by atoms with Gasteiger partial charge in [-0.3, -0.25) is 0 Å². The molecule has 142 valence electrons. The van der Waals surface area contributed by atoms with Crippen LogP contribution in [0.2, 0.25) is 0 Å². The van der Waals surface area contributed by atoms with E-state index in [-0.39, 0.29) is 17.3 Å². The molecule has 29 heavy (non-hydrogen) atoms. The summed E-state index contributed by atoms with van der Waals surface area (Å²) in [5, 5.41) is 10.5. The average Bonchev–Trinajstić information content (AvgIpc) is 2.74. The highest BCUT2D eigenvalue weighted by molar-refractivity contribution is 5.85. The predicted octanol–water partition coefficient (Wildman–Crippen LogP) is 4.66. The summed E-state index contributed by atoms with van der Waals surface area (Å²) in [4.78, 5) is 13.0. The Morgan fingerprint density at radius 2 is 1.66 bits per heavy atom. The Labute approximate surface area is 165 Å². The van der Waals surface area contributed by atoms with Gasteiger partial charge in [0, 0.05) is 23.5 Å². The van der Waals surface area contributed by atoms with Crippen LogP contribution in [0.5, 0.6) is 17.2 Å². The van der Waals surface area contributed by atoms with Gasteiger partial charge < -0.3 is 19.0 Å². The van der Waals surface area contributed by atoms with Crippen LogP contribution in [0.1, 0.15) is 29.0 Å². The van der Waals surface area contributed by atoms with Crippen molar-refractivity contribution >= 4 is 11.0 Å². The Morgan fingerprint density at radius 3 is 2.52 bits per heavy atom. The molecule has 3 aromatic carbocycles. The number of phenols is 1. The number of rotatable bonds is 1. The quantitative estimate of drug-likeness (QED) is 0.484. The maximum atomic E-state index is 13.0. The van der Waals surface area contributed by atoms with Gasteiger partial charge in [0.05, 0.1) is 10.9 Å². The van der Waals surface area contributed by atoms with Crippen molar-refractivity contribution in [2.24, 2.45) is 0 Å². The van der Waals surface area contributed by atoms with Crippen LogP contribution in [0.25, 0.3) is 11.0 Å². The molecule has 0 spiro atoms. The molecule has 2 bridgehead atoms. The molecule has 0 fully saturated rings. The van der Waals surface area contributed by atoms with Crippen molar-refractivity contribution in [3.05, 3.63) is 99.9 Å². The van der Waals surface area contributed by atoms with Gasteiger partial charge in [-0.25, -0.2) is 4.79 Å². The molecule has 2 aliphatic heterocycles. The number of aromatic hydroxyl groups is 1. The van der Waals surface area contributed by atoms with Gasteiger partial charge in [-0.1, -0.05) is 30.3 Å². The van der Waals surface area contributed by atoms with E-state index in [2.05, 4.69) is 0 Å². The first kappa shape index (κ1) is 16.2. The van der Waals surface area contributed by atoms with Crippen molar-refractivity contribution in [3.63, 3.8) is 0 Å². The summed E-state index contributed by atoms with van der Waals surface area (Å²) in [6, 6.07) is 21.8. The maximum Gasteiger partial charge on any atom is 0.343 e. The average molecular weight is 384 g/mol. The molecular formula is C24H16O5. The molecule has 5 heteroatoms. The number of hydrogen-bond donors (Lipinski definition) is 1. The van der Waals surface area contributed by atoms with Gasteiger partial charge in [-0.05, 0) is 42.5 Å². The first-order valence-electron chi connectivity index (χ1n) is 9.47. The fraction of sp³-hybridized carbons (Fsp3) is 0.125. The van der Waals surface area contributed by atoms with Gasteiger partial charge in [0.25, 0.3) is 5.79 Å². The zero-order chi connectivity index (χ0) is 19.6. The Kier molecular flexibility index (Phi) is 3.16. The third-order valence-electron chi connectivity index (χ3n) is 5.76. The molecule has 5 nitrogen and oxygen atoms in total. The Bertz CT molecular complexity index is 1320. The first-order valence-corrected chi connectivity index (χ1v) is 9.47. The largest absolute Gasteiger partial charge is 0.508 e. The van der Waals surface area contributed by atoms with Crippen molar-refractivity contribution in [2.45, 2.75) is 18.1 Å². The van der Waals surface area contributed by atoms with Crippen molar-refractivity contribution in [1.82, 2.24) is 0 Å². The molecule has 1 aromatic heterocycles. The summed E-state index contributed by atoms with van der Waals surface area (Å²) in [5.74, 6) is 0.0142. The van der Waals surface area contributed by atoms with E-state index in [4.69, 9.17) is 13.9 Å². The van der Waals surface area contributed by atoms with E-state index < -0.39 is 5.79 Å². The minimum absolute atomic E-state index is 0.167. The fourth-order valence-corrected chi connectivity index (χ4v) is 4.44. The molecule has 4 aromatic rings. The minimum Gasteiger partial charge on any atom is -0.508 e. The lowest BCUT2D eigenvalue weighted by molar-refractivity contribution is -0.148. The molecule has 0 amide bonds. The lowest BCUT2D eigenvalue weighted by atomic mass is 9.78. The van der Waals surface area contributed by atoms with E-state index >= 15 is 0 Å². The summed E-state index contributed by atoms with van der Waals surface area (Å²) in [6.45, 7) is 0. The molecule has 1 N–H and O–H groups in total. The lowest BCUT2D eigenvalue weighted by Crippen LogP contribution is -2.48. The second-order valence-corrected chi connectivity index (χ2v) is 7.43. The monoisotopic (exact) mass is 384 g/mol. The number of hydrogen-bond acceptors (Lipinski definition) is 5. The predicted molar refractivity (Wildman–Crippen MR) is 106 cm³/mol. The minimum atomic E-state index is -1.10. The normalized spacial score (nSPS) is 21.6. The topological polar surface area (TPSA) is 68.9 Å². The molecule has 3 heterocycles. The van der Waals surface area contributed by atoms with Crippen molar-refractivity contribution < 1.29 is 19.0 Å². The Balaban J connectivity index is 1.69. The van der Waals surface area contributed by atoms with Gasteiger partial charge in [0.1, 0.15) is 22.8 Å². The van der Waals surface area contributed by atoms with Crippen LogP contribution in [0.4, 0.5) is 0 Å². The van der Waals surface area contributed by atoms with Gasteiger partial charge >= 0.3 is 5.63 Å². The van der Waals surface area contributed by atoms with E-state index in [9.17, 15) is 9.90 Å². The molecule has 0 aliphatic carbocycles. The van der Waals surface area contributed by atoms with Gasteiger partial charge in [-0.15, -0.1) is 0 Å². The Morgan fingerprint density at radius 1 is 0.897 bits per heavy atom. The highest BCUT2D eigenvalue weighted by Crippen LogP contribution is 2.55. The van der Waals surface area contributed by atoms with Crippen LogP contribution < -0.4 is 15.1 Å². The number of para-hydroxylation sites is 2. The van der Waals surface area contributed by atoms with Crippen molar-refractivity contribution in [1.29, 1.82) is 0 Å². The first-order chi connectivity index (χ1) is 14.1. The zero-order valence-electron chi connectivity index (χ0n) is 15.3. The summed E-state index contributed by atoms with van der Waals surface area (Å²) in [6.07, 6.45) is 0.435. The van der Waals surface area contributed by atoms with Crippen LogP contribution in [-0.4, -0.2) is 5.11 Å². The summed E-state index contributed by atoms with van der Waals surface area (Å²) >= 11 is 0. The van der Waals surface area contributed by atoms with Gasteiger partial charge in [0.2, 0.25) is 0 Å². The van der Waals surface area contributed by atoms with Crippen LogP contribution in [0.15, 0.2) is 82.0 Å². The van der Waals surface area contributed by atoms with Crippen LogP contribution in [0.3, 0.4) is 0 Å². The van der Waals surface area contributed by atoms with E-state index in [1.54, 1.807) is 30.3 Å². The van der Waals surface area contributed by atoms with E-state index in [0.29, 0.717) is 29.1 Å². The van der Waals surface area contributed by atoms with Crippen molar-refractivity contribution in [3.8, 4) is 17.2 Å². The van der Waals surface area contributed by atoms with Gasteiger partial charge in [-0.2, -0.15) is 0 Å².